The van der Waals surface area contributed by atoms with E-state index in [-0.39, 0.29) is 29.1 Å². The molecular formula is C22H26FeO2+2. The summed E-state index contributed by atoms with van der Waals surface area (Å²) in [6.45, 7) is 2.19. The number of carbonyl (C=O) groups is 1. The van der Waals surface area contributed by atoms with Crippen molar-refractivity contribution in [1.82, 2.24) is 0 Å². The fourth-order valence-electron chi connectivity index (χ4n) is 2.70. The van der Waals surface area contributed by atoms with Crippen LogP contribution in [0.15, 0.2) is 0 Å². The summed E-state index contributed by atoms with van der Waals surface area (Å²) in [5, 5.41) is 0. The Morgan fingerprint density at radius 2 is 1.80 bits per heavy atom. The van der Waals surface area contributed by atoms with Gasteiger partial charge in [0.2, 0.25) is 0 Å². The van der Waals surface area contributed by atoms with Crippen LogP contribution in [-0.2, 0) is 26.6 Å². The van der Waals surface area contributed by atoms with Gasteiger partial charge in [-0.25, -0.2) is 0 Å². The quantitative estimate of drug-likeness (QED) is 0.313. The van der Waals surface area contributed by atoms with Crippen LogP contribution in [-0.4, -0.2) is 12.1 Å². The maximum Gasteiger partial charge on any atom is 2.00 e. The van der Waals surface area contributed by atoms with E-state index in [0.717, 1.165) is 37.5 Å². The molecule has 3 aliphatic rings. The first-order chi connectivity index (χ1) is 11.8. The molecule has 1 heterocycles. The second-order valence-corrected chi connectivity index (χ2v) is 5.99. The smallest absolute Gasteiger partial charge is 0.462 e. The fraction of sp³-hybridized carbons (Fsp3) is 0.409. The number of hydrogen-bond donors (Lipinski definition) is 0. The van der Waals surface area contributed by atoms with Crippen LogP contribution >= 0.6 is 0 Å². The van der Waals surface area contributed by atoms with Crippen LogP contribution in [0.3, 0.4) is 0 Å². The first-order valence-electron chi connectivity index (χ1n) is 8.92. The van der Waals surface area contributed by atoms with E-state index in [1.807, 2.05) is 51.4 Å². The molecule has 25 heavy (non-hydrogen) atoms. The van der Waals surface area contributed by atoms with Gasteiger partial charge in [-0.3, -0.25) is 4.79 Å². The summed E-state index contributed by atoms with van der Waals surface area (Å²) in [5.41, 5.74) is 0. The van der Waals surface area contributed by atoms with Gasteiger partial charge in [0.15, 0.2) is 0 Å². The molecule has 1 saturated heterocycles. The van der Waals surface area contributed by atoms with E-state index in [9.17, 15) is 4.79 Å². The molecule has 0 N–H and O–H groups in total. The molecule has 0 amide bonds. The third kappa shape index (κ3) is 8.65. The number of unbranched alkanes of at least 4 members (excludes halogenated alkanes) is 3. The standard InChI is InChI=1S/C17H21O2.C5H5.Fe/c1-2-3-4-5-6-9-14-10-7-11-15(14)16-12-8-13-17(18)19-16;1-2-4-5-3-1;/h7,10-11,16H,2-5,8,12-13H2,1H3;1-5H;/q;;+2/t16-;;/m0../s1. The average molecular weight is 378 g/mol. The second kappa shape index (κ2) is 13.7. The van der Waals surface area contributed by atoms with Gasteiger partial charge in [-0.1, -0.05) is 25.7 Å². The molecule has 0 unspecified atom stereocenters. The van der Waals surface area contributed by atoms with Crippen molar-refractivity contribution in [2.75, 3.05) is 0 Å². The van der Waals surface area contributed by atoms with Crippen molar-refractivity contribution >= 4 is 5.97 Å². The van der Waals surface area contributed by atoms with Crippen LogP contribution in [0, 0.1) is 75.0 Å². The van der Waals surface area contributed by atoms with Crippen molar-refractivity contribution in [3.63, 3.8) is 0 Å². The summed E-state index contributed by atoms with van der Waals surface area (Å²) in [4.78, 5) is 11.4. The van der Waals surface area contributed by atoms with E-state index in [0.29, 0.717) is 6.42 Å². The number of carbonyl (C=O) groups excluding carboxylic acids is 1. The maximum atomic E-state index is 11.4. The predicted molar refractivity (Wildman–Crippen MR) is 96.5 cm³/mol. The molecule has 0 bridgehead atoms. The predicted octanol–water partition coefficient (Wildman–Crippen LogP) is 4.46. The van der Waals surface area contributed by atoms with Gasteiger partial charge in [0, 0.05) is 18.8 Å². The van der Waals surface area contributed by atoms with Crippen molar-refractivity contribution < 1.29 is 26.6 Å². The molecule has 132 valence electrons. The summed E-state index contributed by atoms with van der Waals surface area (Å²) < 4.78 is 5.41. The minimum absolute atomic E-state index is 0. The topological polar surface area (TPSA) is 26.3 Å². The summed E-state index contributed by atoms with van der Waals surface area (Å²) >= 11 is 0. The third-order valence-electron chi connectivity index (χ3n) is 4.00. The number of esters is 1. The maximum absolute atomic E-state index is 11.4. The van der Waals surface area contributed by atoms with E-state index in [1.165, 1.54) is 12.8 Å². The van der Waals surface area contributed by atoms with Crippen molar-refractivity contribution in [1.29, 1.82) is 0 Å². The fourth-order valence-corrected chi connectivity index (χ4v) is 2.70. The Balaban J connectivity index is 0.000000448. The van der Waals surface area contributed by atoms with E-state index in [4.69, 9.17) is 4.74 Å². The largest absolute Gasteiger partial charge is 2.00 e. The molecular weight excluding hydrogens is 352 g/mol. The zero-order valence-electron chi connectivity index (χ0n) is 14.8. The number of cyclic esters (lactones) is 1. The van der Waals surface area contributed by atoms with Gasteiger partial charge < -0.3 is 4.74 Å². The molecule has 1 aliphatic heterocycles. The monoisotopic (exact) mass is 378 g/mol. The van der Waals surface area contributed by atoms with Crippen molar-refractivity contribution in [2.24, 2.45) is 0 Å². The number of ether oxygens (including phenoxy) is 1. The molecule has 0 aromatic rings. The van der Waals surface area contributed by atoms with Crippen LogP contribution in [0.5, 0.6) is 0 Å². The Morgan fingerprint density at radius 1 is 1.08 bits per heavy atom. The summed E-state index contributed by atoms with van der Waals surface area (Å²) in [5.74, 6) is 8.47. The van der Waals surface area contributed by atoms with Gasteiger partial charge in [-0.05, 0) is 70.6 Å². The van der Waals surface area contributed by atoms with E-state index < -0.39 is 0 Å². The Bertz CT molecular complexity index is 412. The Hall–Kier alpha value is -0.451. The van der Waals surface area contributed by atoms with Crippen molar-refractivity contribution in [3.05, 3.63) is 63.2 Å². The third-order valence-corrected chi connectivity index (χ3v) is 4.00. The van der Waals surface area contributed by atoms with Crippen LogP contribution in [0.25, 0.3) is 0 Å². The number of rotatable bonds is 4. The van der Waals surface area contributed by atoms with Gasteiger partial charge in [0.25, 0.3) is 0 Å². The first-order valence-corrected chi connectivity index (χ1v) is 8.92. The number of hydrogen-bond acceptors (Lipinski definition) is 2. The van der Waals surface area contributed by atoms with Crippen LogP contribution in [0.1, 0.15) is 51.9 Å². The normalized spacial score (nSPS) is 23.7. The van der Waals surface area contributed by atoms with Gasteiger partial charge in [-0.15, -0.1) is 5.92 Å². The van der Waals surface area contributed by atoms with E-state index >= 15 is 0 Å². The van der Waals surface area contributed by atoms with Gasteiger partial charge in [0.05, 0.1) is 5.92 Å². The molecule has 0 spiro atoms. The van der Waals surface area contributed by atoms with Gasteiger partial charge in [0.1, 0.15) is 6.10 Å². The Labute approximate surface area is 165 Å². The summed E-state index contributed by atoms with van der Waals surface area (Å²) in [6.07, 6.45) is 22.9. The minimum Gasteiger partial charge on any atom is -0.462 e. The van der Waals surface area contributed by atoms with Gasteiger partial charge >= 0.3 is 23.0 Å². The molecule has 2 aliphatic carbocycles. The van der Waals surface area contributed by atoms with Crippen LogP contribution in [0.4, 0.5) is 0 Å². The summed E-state index contributed by atoms with van der Waals surface area (Å²) in [6, 6.07) is 0. The van der Waals surface area contributed by atoms with E-state index in [1.54, 1.807) is 0 Å². The van der Waals surface area contributed by atoms with Crippen LogP contribution in [0.2, 0.25) is 0 Å². The molecule has 10 radical (unpaired) electrons. The Morgan fingerprint density at radius 3 is 2.44 bits per heavy atom. The zero-order chi connectivity index (χ0) is 17.0. The molecule has 0 aromatic heterocycles. The summed E-state index contributed by atoms with van der Waals surface area (Å²) in [7, 11) is 0. The first kappa shape index (κ1) is 22.6. The molecule has 0 aromatic carbocycles. The van der Waals surface area contributed by atoms with Gasteiger partial charge in [-0.2, -0.15) is 0 Å². The molecule has 3 heteroatoms. The molecule has 3 rings (SSSR count). The molecule has 2 saturated carbocycles. The second-order valence-electron chi connectivity index (χ2n) is 5.99. The molecule has 2 nitrogen and oxygen atoms in total. The average Bonchev–Trinajstić information content (AvgIpc) is 3.29. The minimum atomic E-state index is -0.0869. The van der Waals surface area contributed by atoms with Crippen molar-refractivity contribution in [3.8, 4) is 11.8 Å². The SMILES string of the molecule is CCCCCC#C[C]1[CH][CH][CH][C]1[C@@H]1CCCC(=O)O1.[CH]1[CH][CH][CH][CH]1.[Fe+2]. The van der Waals surface area contributed by atoms with Crippen LogP contribution < -0.4 is 0 Å². The molecule has 1 atom stereocenters. The Kier molecular flexibility index (Phi) is 12.4. The van der Waals surface area contributed by atoms with Crippen molar-refractivity contribution in [2.45, 2.75) is 58.0 Å². The zero-order valence-corrected chi connectivity index (χ0v) is 15.9. The molecule has 3 fully saturated rings. The van der Waals surface area contributed by atoms with E-state index in [2.05, 4.69) is 18.8 Å².